The molecule has 0 amide bonds. The van der Waals surface area contributed by atoms with Crippen molar-refractivity contribution in [2.75, 3.05) is 32.8 Å². The molecule has 1 saturated heterocycles. The van der Waals surface area contributed by atoms with Crippen LogP contribution in [0.1, 0.15) is 25.7 Å². The Morgan fingerprint density at radius 1 is 1.36 bits per heavy atom. The zero-order valence-electron chi connectivity index (χ0n) is 12.5. The van der Waals surface area contributed by atoms with Gasteiger partial charge in [0.2, 0.25) is 11.8 Å². The monoisotopic (exact) mass is 323 g/mol. The molecule has 0 bridgehead atoms. The summed E-state index contributed by atoms with van der Waals surface area (Å²) in [5.74, 6) is 1.01. The molecule has 1 aliphatic carbocycles. The number of hydrogen-bond acceptors (Lipinski definition) is 5. The Hall–Kier alpha value is -1.18. The summed E-state index contributed by atoms with van der Waals surface area (Å²) >= 11 is 0. The second-order valence-corrected chi connectivity index (χ2v) is 7.49. The van der Waals surface area contributed by atoms with E-state index in [1.54, 1.807) is 12.1 Å². The number of ether oxygens (including phenoxy) is 2. The van der Waals surface area contributed by atoms with Crippen molar-refractivity contribution < 1.29 is 13.7 Å². The van der Waals surface area contributed by atoms with Gasteiger partial charge in [-0.1, -0.05) is 0 Å². The zero-order valence-corrected chi connectivity index (χ0v) is 13.4. The number of rotatable bonds is 4. The number of aromatic nitrogens is 1. The van der Waals surface area contributed by atoms with Gasteiger partial charge >= 0.3 is 0 Å². The summed E-state index contributed by atoms with van der Waals surface area (Å²) in [7, 11) is -1.26. The summed E-state index contributed by atoms with van der Waals surface area (Å²) in [6, 6.07) is 3.56. The maximum Gasteiger partial charge on any atom is 0.235 e. The number of nitrogens with zero attached hydrogens (tertiary/aromatic N) is 2. The van der Waals surface area contributed by atoms with E-state index in [9.17, 15) is 4.21 Å². The van der Waals surface area contributed by atoms with Crippen molar-refractivity contribution >= 4 is 11.0 Å². The fourth-order valence-electron chi connectivity index (χ4n) is 2.93. The van der Waals surface area contributed by atoms with Gasteiger partial charge in [-0.3, -0.25) is 4.90 Å². The van der Waals surface area contributed by atoms with Crippen molar-refractivity contribution in [2.24, 2.45) is 0 Å². The summed E-state index contributed by atoms with van der Waals surface area (Å²) in [4.78, 5) is 7.44. The molecule has 1 unspecified atom stereocenters. The van der Waals surface area contributed by atoms with Gasteiger partial charge in [0.15, 0.2) is 0 Å². The minimum absolute atomic E-state index is 0.206. The quantitative estimate of drug-likeness (QED) is 0.899. The summed E-state index contributed by atoms with van der Waals surface area (Å²) < 4.78 is 26.9. The van der Waals surface area contributed by atoms with Crippen LogP contribution < -0.4 is 14.2 Å². The van der Waals surface area contributed by atoms with Crippen LogP contribution in [-0.4, -0.2) is 52.5 Å². The van der Waals surface area contributed by atoms with Gasteiger partial charge in [0.25, 0.3) is 0 Å². The van der Waals surface area contributed by atoms with Gasteiger partial charge in [-0.15, -0.1) is 0 Å². The number of hydrogen-bond donors (Lipinski definition) is 1. The van der Waals surface area contributed by atoms with Crippen LogP contribution in [0.2, 0.25) is 0 Å². The Morgan fingerprint density at radius 2 is 2.18 bits per heavy atom. The molecule has 0 radical (unpaired) electrons. The molecule has 1 aromatic rings. The van der Waals surface area contributed by atoms with Crippen LogP contribution in [0, 0.1) is 0 Å². The first-order valence-electron chi connectivity index (χ1n) is 7.95. The molecule has 1 saturated carbocycles. The van der Waals surface area contributed by atoms with Crippen molar-refractivity contribution in [3.8, 4) is 11.8 Å². The molecule has 1 spiro atoms. The third-order valence-electron chi connectivity index (χ3n) is 4.50. The summed E-state index contributed by atoms with van der Waals surface area (Å²) in [5, 5.41) is 0. The lowest BCUT2D eigenvalue weighted by Crippen LogP contribution is -2.31. The first-order chi connectivity index (χ1) is 10.7. The van der Waals surface area contributed by atoms with E-state index in [0.717, 1.165) is 32.5 Å². The number of likely N-dealkylation sites (tertiary alicyclic amines) is 1. The Kier molecular flexibility index (Phi) is 3.79. The van der Waals surface area contributed by atoms with Crippen LogP contribution in [0.3, 0.4) is 0 Å². The Labute approximate surface area is 132 Å². The predicted molar refractivity (Wildman–Crippen MR) is 82.4 cm³/mol. The van der Waals surface area contributed by atoms with Crippen molar-refractivity contribution in [1.29, 1.82) is 0 Å². The minimum Gasteiger partial charge on any atom is -0.476 e. The fourth-order valence-corrected chi connectivity index (χ4v) is 3.91. The Morgan fingerprint density at radius 3 is 2.95 bits per heavy atom. The summed E-state index contributed by atoms with van der Waals surface area (Å²) in [6.45, 7) is 4.49. The molecule has 6 nitrogen and oxygen atoms in total. The van der Waals surface area contributed by atoms with Crippen LogP contribution in [-0.2, 0) is 11.0 Å². The SMILES string of the molecule is O=S1NCC2(CC2)Oc2nc(OCCN3CCCC3)ccc21. The largest absolute Gasteiger partial charge is 0.476 e. The molecule has 22 heavy (non-hydrogen) atoms. The van der Waals surface area contributed by atoms with Gasteiger partial charge < -0.3 is 9.47 Å². The summed E-state index contributed by atoms with van der Waals surface area (Å²) in [6.07, 6.45) is 4.54. The van der Waals surface area contributed by atoms with Gasteiger partial charge in [-0.2, -0.15) is 4.98 Å². The normalized spacial score (nSPS) is 26.3. The van der Waals surface area contributed by atoms with E-state index in [1.807, 2.05) is 0 Å². The van der Waals surface area contributed by atoms with E-state index in [0.29, 0.717) is 29.8 Å². The highest BCUT2D eigenvalue weighted by atomic mass is 32.2. The average Bonchev–Trinajstić information content (AvgIpc) is 3.12. The van der Waals surface area contributed by atoms with E-state index >= 15 is 0 Å². The Balaban J connectivity index is 1.43. The zero-order chi connectivity index (χ0) is 15.0. The molecule has 120 valence electrons. The van der Waals surface area contributed by atoms with Crippen LogP contribution in [0.15, 0.2) is 17.0 Å². The molecule has 7 heteroatoms. The smallest absolute Gasteiger partial charge is 0.235 e. The van der Waals surface area contributed by atoms with E-state index in [1.165, 1.54) is 12.8 Å². The van der Waals surface area contributed by atoms with Crippen molar-refractivity contribution in [1.82, 2.24) is 14.6 Å². The highest BCUT2D eigenvalue weighted by Crippen LogP contribution is 2.42. The third-order valence-corrected chi connectivity index (χ3v) is 5.62. The van der Waals surface area contributed by atoms with E-state index in [2.05, 4.69) is 14.6 Å². The highest BCUT2D eigenvalue weighted by Gasteiger charge is 2.48. The van der Waals surface area contributed by atoms with E-state index < -0.39 is 11.0 Å². The number of nitrogens with one attached hydrogen (secondary N) is 1. The molecular weight excluding hydrogens is 302 g/mol. The molecule has 2 aliphatic heterocycles. The molecule has 3 heterocycles. The van der Waals surface area contributed by atoms with Crippen molar-refractivity contribution in [3.05, 3.63) is 12.1 Å². The third kappa shape index (κ3) is 2.98. The average molecular weight is 323 g/mol. The maximum atomic E-state index is 12.2. The van der Waals surface area contributed by atoms with Gasteiger partial charge in [0.05, 0.1) is 0 Å². The lowest BCUT2D eigenvalue weighted by atomic mass is 10.3. The first-order valence-corrected chi connectivity index (χ1v) is 9.10. The van der Waals surface area contributed by atoms with Crippen molar-refractivity contribution in [2.45, 2.75) is 36.2 Å². The molecule has 3 aliphatic rings. The molecule has 1 atom stereocenters. The van der Waals surface area contributed by atoms with Gasteiger partial charge in [0, 0.05) is 19.2 Å². The molecule has 0 aromatic carbocycles. The Bertz CT molecular complexity index is 585. The fraction of sp³-hybridized carbons (Fsp3) is 0.667. The van der Waals surface area contributed by atoms with Crippen LogP contribution in [0.5, 0.6) is 11.8 Å². The van der Waals surface area contributed by atoms with Gasteiger partial charge in [-0.05, 0) is 44.8 Å². The molecule has 1 aromatic heterocycles. The minimum atomic E-state index is -1.26. The predicted octanol–water partition coefficient (Wildman–Crippen LogP) is 1.09. The highest BCUT2D eigenvalue weighted by molar-refractivity contribution is 7.83. The first kappa shape index (κ1) is 14.4. The van der Waals surface area contributed by atoms with E-state index in [-0.39, 0.29) is 5.60 Å². The van der Waals surface area contributed by atoms with E-state index in [4.69, 9.17) is 9.47 Å². The molecule has 4 rings (SSSR count). The molecule has 1 N–H and O–H groups in total. The standard InChI is InChI=1S/C15H21N3O3S/c19-22-12-3-4-13(20-10-9-18-7-1-2-8-18)17-14(12)21-15(5-6-15)11-16-22/h3-4,16H,1-2,5-11H2. The van der Waals surface area contributed by atoms with Gasteiger partial charge in [-0.25, -0.2) is 8.93 Å². The lowest BCUT2D eigenvalue weighted by Gasteiger charge is -2.16. The lowest BCUT2D eigenvalue weighted by molar-refractivity contribution is 0.169. The second kappa shape index (κ2) is 5.79. The van der Waals surface area contributed by atoms with Crippen LogP contribution in [0.25, 0.3) is 0 Å². The number of fused-ring (bicyclic) bond motifs is 1. The second-order valence-electron chi connectivity index (χ2n) is 6.22. The topological polar surface area (TPSA) is 63.7 Å². The van der Waals surface area contributed by atoms with Crippen molar-refractivity contribution in [3.63, 3.8) is 0 Å². The van der Waals surface area contributed by atoms with Crippen LogP contribution >= 0.6 is 0 Å². The maximum absolute atomic E-state index is 12.2. The molecular formula is C15H21N3O3S. The van der Waals surface area contributed by atoms with Gasteiger partial charge in [0.1, 0.15) is 28.1 Å². The molecule has 2 fully saturated rings. The summed E-state index contributed by atoms with van der Waals surface area (Å²) in [5.41, 5.74) is -0.206. The van der Waals surface area contributed by atoms with Crippen LogP contribution in [0.4, 0.5) is 0 Å². The number of pyridine rings is 1.